The fraction of sp³-hybridized carbons (Fsp3) is 0.468. The maximum Gasteiger partial charge on any atom is 0.303 e. The van der Waals surface area contributed by atoms with Gasteiger partial charge in [-0.2, -0.15) is 0 Å². The Morgan fingerprint density at radius 1 is 0.847 bits per heavy atom. The van der Waals surface area contributed by atoms with E-state index in [1.807, 2.05) is 19.9 Å². The largest absolute Gasteiger partial charge is 0.458 e. The summed E-state index contributed by atoms with van der Waals surface area (Å²) in [4.78, 5) is 54.8. The molecular formula is C47H59N5O6S. The Balaban J connectivity index is 1.21. The Bertz CT molecular complexity index is 2390. The Morgan fingerprint density at radius 2 is 1.47 bits per heavy atom. The van der Waals surface area contributed by atoms with Gasteiger partial charge in [0.1, 0.15) is 11.5 Å². The molecule has 3 N–H and O–H groups in total. The minimum absolute atomic E-state index is 0.0253. The smallest absolute Gasteiger partial charge is 0.303 e. The summed E-state index contributed by atoms with van der Waals surface area (Å²) in [6.07, 6.45) is 3.29. The highest BCUT2D eigenvalue weighted by molar-refractivity contribution is 7.99. The second-order valence-electron chi connectivity index (χ2n) is 15.9. The van der Waals surface area contributed by atoms with Crippen LogP contribution in [-0.4, -0.2) is 73.8 Å². The van der Waals surface area contributed by atoms with E-state index >= 15 is 0 Å². The van der Waals surface area contributed by atoms with Gasteiger partial charge in [-0.3, -0.25) is 14.4 Å². The van der Waals surface area contributed by atoms with Crippen molar-refractivity contribution in [2.45, 2.75) is 125 Å². The van der Waals surface area contributed by atoms with Crippen LogP contribution in [0.25, 0.3) is 50.4 Å². The van der Waals surface area contributed by atoms with Gasteiger partial charge in [0.2, 0.25) is 5.91 Å². The number of H-pyrrole nitrogens is 2. The van der Waals surface area contributed by atoms with Crippen molar-refractivity contribution in [2.75, 3.05) is 12.3 Å². The van der Waals surface area contributed by atoms with E-state index in [0.717, 1.165) is 96.8 Å². The molecule has 3 aromatic rings. The number of hydrogen-bond acceptors (Lipinski definition) is 9. The van der Waals surface area contributed by atoms with Crippen molar-refractivity contribution in [3.05, 3.63) is 75.9 Å². The third kappa shape index (κ3) is 9.29. The van der Waals surface area contributed by atoms with Crippen molar-refractivity contribution in [3.8, 4) is 0 Å². The van der Waals surface area contributed by atoms with Crippen molar-refractivity contribution in [1.82, 2.24) is 25.3 Å². The number of esters is 2. The van der Waals surface area contributed by atoms with Gasteiger partial charge in [-0.25, -0.2) is 9.97 Å². The molecule has 12 heteroatoms. The Morgan fingerprint density at radius 3 is 2.15 bits per heavy atom. The molecule has 6 heterocycles. The lowest BCUT2D eigenvalue weighted by Gasteiger charge is -2.44. The molecule has 0 radical (unpaired) electrons. The van der Waals surface area contributed by atoms with Crippen LogP contribution in [0.4, 0.5) is 0 Å². The highest BCUT2D eigenvalue weighted by atomic mass is 32.2. The predicted octanol–water partition coefficient (Wildman–Crippen LogP) is 9.81. The van der Waals surface area contributed by atoms with Crippen LogP contribution in [-0.2, 0) is 28.6 Å². The summed E-state index contributed by atoms with van der Waals surface area (Å²) in [5.41, 5.74) is 16.0. The topological polar surface area (TPSA) is 148 Å². The number of carbonyl (C=O) groups is 3. The number of thioether (sulfide) groups is 1. The second kappa shape index (κ2) is 18.5. The van der Waals surface area contributed by atoms with Crippen LogP contribution in [0.1, 0.15) is 126 Å². The van der Waals surface area contributed by atoms with Crippen LogP contribution in [0.15, 0.2) is 30.8 Å². The van der Waals surface area contributed by atoms with Gasteiger partial charge in [-0.1, -0.05) is 33.4 Å². The van der Waals surface area contributed by atoms with Gasteiger partial charge in [0.25, 0.3) is 0 Å². The lowest BCUT2D eigenvalue weighted by Crippen LogP contribution is -2.55. The highest BCUT2D eigenvalue weighted by Gasteiger charge is 2.47. The molecule has 1 fully saturated rings. The van der Waals surface area contributed by atoms with Crippen LogP contribution in [0.3, 0.4) is 0 Å². The van der Waals surface area contributed by atoms with Crippen molar-refractivity contribution in [1.29, 1.82) is 0 Å². The van der Waals surface area contributed by atoms with Crippen molar-refractivity contribution in [3.63, 3.8) is 0 Å². The first kappa shape index (κ1) is 43.6. The maximum absolute atomic E-state index is 13.3. The normalized spacial score (nSPS) is 20.5. The zero-order chi connectivity index (χ0) is 42.7. The van der Waals surface area contributed by atoms with Gasteiger partial charge in [0.15, 0.2) is 6.10 Å². The highest BCUT2D eigenvalue weighted by Crippen LogP contribution is 2.39. The fourth-order valence-corrected chi connectivity index (χ4v) is 9.64. The summed E-state index contributed by atoms with van der Waals surface area (Å²) in [5.74, 6) is -0.362. The Kier molecular flexibility index (Phi) is 13.7. The van der Waals surface area contributed by atoms with Gasteiger partial charge in [0.05, 0.1) is 28.9 Å². The standard InChI is InChI=1S/C47H59N5O6S/c1-12-32-26(6)38-23-41-33(13-2)25(5)37(50-41)22-39-27(7)34(44(52-39)28(8)36-20-24(4)35(49-36)21-40(32)51-38)16-17-43(55)48-18-15-19-59-47-29(9)45(56-30(10)53)46(57-31(11)54)42(14-3)58-47/h13,20-23,29,42,45-47,49-50H,2,12,14-19H2,1,3-11H3,(H,48,55)/t29-,42-,45-,46?,47+/m1/s1. The van der Waals surface area contributed by atoms with Crippen molar-refractivity contribution >= 4 is 80.0 Å². The molecule has 0 aliphatic carbocycles. The molecule has 3 aliphatic rings. The first-order chi connectivity index (χ1) is 28.1. The molecule has 11 nitrogen and oxygen atoms in total. The summed E-state index contributed by atoms with van der Waals surface area (Å²) >= 11 is 1.62. The number of amides is 1. The lowest BCUT2D eigenvalue weighted by atomic mass is 9.92. The zero-order valence-corrected chi connectivity index (χ0v) is 37.0. The number of aromatic nitrogens is 4. The van der Waals surface area contributed by atoms with E-state index in [2.05, 4.69) is 87.7 Å². The summed E-state index contributed by atoms with van der Waals surface area (Å²) in [5, 5.41) is 3.12. The third-order valence-electron chi connectivity index (χ3n) is 11.8. The van der Waals surface area contributed by atoms with Crippen molar-refractivity contribution < 1.29 is 28.6 Å². The average molecular weight is 822 g/mol. The van der Waals surface area contributed by atoms with Gasteiger partial charge in [-0.05, 0) is 129 Å². The Labute approximate surface area is 351 Å². The lowest BCUT2D eigenvalue weighted by molar-refractivity contribution is -0.210. The first-order valence-corrected chi connectivity index (χ1v) is 21.8. The Hall–Kier alpha value is -4.94. The van der Waals surface area contributed by atoms with E-state index in [-0.39, 0.29) is 23.4 Å². The monoisotopic (exact) mass is 821 g/mol. The van der Waals surface area contributed by atoms with E-state index < -0.39 is 24.1 Å². The minimum Gasteiger partial charge on any atom is -0.458 e. The third-order valence-corrected chi connectivity index (χ3v) is 13.2. The molecular weight excluding hydrogens is 763 g/mol. The van der Waals surface area contributed by atoms with Gasteiger partial charge in [-0.15, -0.1) is 11.8 Å². The maximum atomic E-state index is 13.3. The number of aryl methyl sites for hydroxylation is 3. The number of hydrogen-bond donors (Lipinski definition) is 3. The van der Waals surface area contributed by atoms with E-state index in [1.54, 1.807) is 11.8 Å². The molecule has 0 aromatic carbocycles. The fourth-order valence-electron chi connectivity index (χ4n) is 8.42. The quantitative estimate of drug-likeness (QED) is 0.113. The van der Waals surface area contributed by atoms with Crippen LogP contribution < -0.4 is 5.32 Å². The van der Waals surface area contributed by atoms with Gasteiger partial charge < -0.3 is 29.5 Å². The molecule has 1 unspecified atom stereocenters. The summed E-state index contributed by atoms with van der Waals surface area (Å²) in [6, 6.07) is 8.55. The number of allylic oxidation sites excluding steroid dienone is 4. The predicted molar refractivity (Wildman–Crippen MR) is 239 cm³/mol. The second-order valence-corrected chi connectivity index (χ2v) is 17.1. The number of nitrogens with zero attached hydrogens (tertiary/aromatic N) is 2. The molecule has 3 aromatic heterocycles. The molecule has 1 amide bonds. The summed E-state index contributed by atoms with van der Waals surface area (Å²) in [6.45, 7) is 24.0. The minimum atomic E-state index is -0.660. The molecule has 8 bridgehead atoms. The zero-order valence-electron chi connectivity index (χ0n) is 36.2. The molecule has 1 saturated heterocycles. The molecule has 6 rings (SSSR count). The van der Waals surface area contributed by atoms with E-state index in [9.17, 15) is 14.4 Å². The van der Waals surface area contributed by atoms with Crippen LogP contribution in [0, 0.1) is 26.7 Å². The molecule has 0 saturated carbocycles. The van der Waals surface area contributed by atoms with Crippen LogP contribution >= 0.6 is 11.8 Å². The van der Waals surface area contributed by atoms with Crippen molar-refractivity contribution in [2.24, 2.45) is 5.92 Å². The molecule has 59 heavy (non-hydrogen) atoms. The SMILES string of the molecule is C=Cc1c(C)c2cc3nc(c(C)c4cc(C)c(cc5nc(cc1[nH]2)C(C)=C5CC)[nH]4)C(CCC(=O)NCCCS[C@@H]1O[C@H](CC)C(OC(C)=O)[C@H](OC(C)=O)[C@H]1C)=C3C. The molecule has 314 valence electrons. The molecule has 0 spiro atoms. The number of fused-ring (bicyclic) bond motifs is 8. The first-order valence-electron chi connectivity index (χ1n) is 20.8. The summed E-state index contributed by atoms with van der Waals surface area (Å²) < 4.78 is 17.6. The van der Waals surface area contributed by atoms with Crippen LogP contribution in [0.5, 0.6) is 0 Å². The van der Waals surface area contributed by atoms with Gasteiger partial charge >= 0.3 is 11.9 Å². The number of aromatic amines is 2. The number of ether oxygens (including phenoxy) is 3. The summed E-state index contributed by atoms with van der Waals surface area (Å²) in [7, 11) is 0. The number of rotatable bonds is 13. The van der Waals surface area contributed by atoms with E-state index in [0.29, 0.717) is 25.8 Å². The van der Waals surface area contributed by atoms with Crippen LogP contribution in [0.2, 0.25) is 0 Å². The molecule has 3 aliphatic heterocycles. The average Bonchev–Trinajstić information content (AvgIpc) is 3.89. The number of carbonyl (C=O) groups excluding carboxylic acids is 3. The van der Waals surface area contributed by atoms with E-state index in [1.165, 1.54) is 25.0 Å². The van der Waals surface area contributed by atoms with Gasteiger partial charge in [0, 0.05) is 60.4 Å². The van der Waals surface area contributed by atoms with E-state index in [4.69, 9.17) is 24.2 Å². The number of nitrogens with one attached hydrogen (secondary N) is 3. The molecule has 5 atom stereocenters.